The van der Waals surface area contributed by atoms with E-state index < -0.39 is 0 Å². The molecule has 0 bridgehead atoms. The third kappa shape index (κ3) is 3.93. The maximum Gasteiger partial charge on any atom is 0.0454 e. The van der Waals surface area contributed by atoms with Crippen LogP contribution in [0, 0.1) is 0 Å². The van der Waals surface area contributed by atoms with Gasteiger partial charge in [-0.25, -0.2) is 0 Å². The van der Waals surface area contributed by atoms with Gasteiger partial charge in [0.05, 0.1) is 0 Å². The number of hydrogen-bond donors (Lipinski definition) is 1. The largest absolute Gasteiger partial charge is 0.326 e. The number of likely N-dealkylation sites (tertiary alicyclic amines) is 1. The second kappa shape index (κ2) is 6.71. The molecule has 4 heteroatoms. The molecule has 106 valence electrons. The van der Waals surface area contributed by atoms with Gasteiger partial charge in [0, 0.05) is 24.2 Å². The van der Waals surface area contributed by atoms with Crippen molar-refractivity contribution in [2.45, 2.75) is 32.0 Å². The lowest BCUT2D eigenvalue weighted by molar-refractivity contribution is 0.139. The van der Waals surface area contributed by atoms with E-state index >= 15 is 0 Å². The van der Waals surface area contributed by atoms with Gasteiger partial charge in [0.25, 0.3) is 0 Å². The van der Waals surface area contributed by atoms with Crippen LogP contribution >= 0.6 is 11.6 Å². The van der Waals surface area contributed by atoms with Gasteiger partial charge < -0.3 is 10.6 Å². The van der Waals surface area contributed by atoms with Gasteiger partial charge in [0.15, 0.2) is 0 Å². The van der Waals surface area contributed by atoms with Gasteiger partial charge in [-0.3, -0.25) is 4.90 Å². The van der Waals surface area contributed by atoms with E-state index in [1.165, 1.54) is 31.5 Å². The Morgan fingerprint density at radius 3 is 2.63 bits per heavy atom. The molecule has 0 spiro atoms. The van der Waals surface area contributed by atoms with Crippen LogP contribution in [-0.4, -0.2) is 43.0 Å². The first kappa shape index (κ1) is 14.8. The Kier molecular flexibility index (Phi) is 5.22. The first-order chi connectivity index (χ1) is 9.10. The smallest absolute Gasteiger partial charge is 0.0454 e. The van der Waals surface area contributed by atoms with E-state index in [4.69, 9.17) is 17.3 Å². The van der Waals surface area contributed by atoms with E-state index in [0.717, 1.165) is 17.1 Å². The van der Waals surface area contributed by atoms with E-state index in [0.29, 0.717) is 12.6 Å². The van der Waals surface area contributed by atoms with Crippen LogP contribution in [-0.2, 0) is 13.1 Å². The molecule has 0 aliphatic carbocycles. The molecule has 0 amide bonds. The molecule has 2 rings (SSSR count). The normalized spacial score (nSPS) is 18.2. The Morgan fingerprint density at radius 2 is 2.05 bits per heavy atom. The van der Waals surface area contributed by atoms with Crippen LogP contribution in [0.4, 0.5) is 0 Å². The lowest BCUT2D eigenvalue weighted by atomic mass is 10.0. The minimum absolute atomic E-state index is 0.546. The first-order valence-corrected chi connectivity index (χ1v) is 7.34. The van der Waals surface area contributed by atoms with Crippen molar-refractivity contribution in [1.82, 2.24) is 9.80 Å². The molecule has 2 N–H and O–H groups in total. The molecule has 0 aromatic heterocycles. The lowest BCUT2D eigenvalue weighted by Gasteiger charge is -2.35. The second-order valence-electron chi connectivity index (χ2n) is 5.58. The summed E-state index contributed by atoms with van der Waals surface area (Å²) in [6.45, 7) is 3.84. The minimum Gasteiger partial charge on any atom is -0.326 e. The monoisotopic (exact) mass is 281 g/mol. The minimum atomic E-state index is 0.546. The zero-order valence-corrected chi connectivity index (χ0v) is 12.7. The molecule has 1 aromatic rings. The summed E-state index contributed by atoms with van der Waals surface area (Å²) in [6, 6.07) is 6.83. The quantitative estimate of drug-likeness (QED) is 0.919. The van der Waals surface area contributed by atoms with Crippen LogP contribution in [0.15, 0.2) is 18.2 Å². The summed E-state index contributed by atoms with van der Waals surface area (Å²) in [5.74, 6) is 0. The summed E-state index contributed by atoms with van der Waals surface area (Å²) in [5.41, 5.74) is 7.91. The van der Waals surface area contributed by atoms with Crippen LogP contribution in [0.25, 0.3) is 0 Å². The summed E-state index contributed by atoms with van der Waals surface area (Å²) in [4.78, 5) is 4.82. The molecule has 1 saturated heterocycles. The highest BCUT2D eigenvalue weighted by Crippen LogP contribution is 2.22. The molecule has 1 aliphatic rings. The van der Waals surface area contributed by atoms with E-state index in [1.807, 2.05) is 6.07 Å². The number of hydrogen-bond acceptors (Lipinski definition) is 3. The summed E-state index contributed by atoms with van der Waals surface area (Å²) in [5, 5.41) is 0.836. The fraction of sp³-hybridized carbons (Fsp3) is 0.600. The fourth-order valence-corrected chi connectivity index (χ4v) is 2.94. The van der Waals surface area contributed by atoms with Crippen molar-refractivity contribution in [3.8, 4) is 0 Å². The maximum atomic E-state index is 6.32. The highest BCUT2D eigenvalue weighted by atomic mass is 35.5. The van der Waals surface area contributed by atoms with Crippen LogP contribution in [0.3, 0.4) is 0 Å². The molecule has 1 aliphatic heterocycles. The molecule has 19 heavy (non-hydrogen) atoms. The van der Waals surface area contributed by atoms with Gasteiger partial charge in [0.1, 0.15) is 0 Å². The van der Waals surface area contributed by atoms with Crippen molar-refractivity contribution in [2.24, 2.45) is 5.73 Å². The van der Waals surface area contributed by atoms with Gasteiger partial charge in [-0.2, -0.15) is 0 Å². The van der Waals surface area contributed by atoms with E-state index in [-0.39, 0.29) is 0 Å². The number of rotatable bonds is 4. The van der Waals surface area contributed by atoms with Crippen molar-refractivity contribution in [2.75, 3.05) is 27.2 Å². The summed E-state index contributed by atoms with van der Waals surface area (Å²) in [7, 11) is 4.39. The SMILES string of the molecule is CN1CCC(N(C)Cc2ccc(CN)cc2Cl)CC1. The number of nitrogens with zero attached hydrogens (tertiary/aromatic N) is 2. The Morgan fingerprint density at radius 1 is 1.37 bits per heavy atom. The average Bonchev–Trinajstić information content (AvgIpc) is 2.41. The van der Waals surface area contributed by atoms with Crippen LogP contribution < -0.4 is 5.73 Å². The highest BCUT2D eigenvalue weighted by Gasteiger charge is 2.20. The Hall–Kier alpha value is -0.610. The second-order valence-corrected chi connectivity index (χ2v) is 5.99. The van der Waals surface area contributed by atoms with Gasteiger partial charge in [-0.1, -0.05) is 23.7 Å². The molecule has 0 unspecified atom stereocenters. The van der Waals surface area contributed by atoms with Crippen LogP contribution in [0.1, 0.15) is 24.0 Å². The van der Waals surface area contributed by atoms with Crippen molar-refractivity contribution in [3.63, 3.8) is 0 Å². The zero-order chi connectivity index (χ0) is 13.8. The van der Waals surface area contributed by atoms with Gasteiger partial charge in [-0.15, -0.1) is 0 Å². The molecular weight excluding hydrogens is 258 g/mol. The Balaban J connectivity index is 1.96. The molecule has 1 aromatic carbocycles. The summed E-state index contributed by atoms with van der Waals surface area (Å²) < 4.78 is 0. The Labute approximate surface area is 121 Å². The van der Waals surface area contributed by atoms with Gasteiger partial charge in [0.2, 0.25) is 0 Å². The van der Waals surface area contributed by atoms with Crippen LogP contribution in [0.2, 0.25) is 5.02 Å². The van der Waals surface area contributed by atoms with Gasteiger partial charge >= 0.3 is 0 Å². The average molecular weight is 282 g/mol. The number of piperidine rings is 1. The van der Waals surface area contributed by atoms with Gasteiger partial charge in [-0.05, 0) is 57.2 Å². The molecule has 1 heterocycles. The van der Waals surface area contributed by atoms with E-state index in [1.54, 1.807) is 0 Å². The molecule has 3 nitrogen and oxygen atoms in total. The third-order valence-electron chi connectivity index (χ3n) is 4.08. The zero-order valence-electron chi connectivity index (χ0n) is 11.9. The topological polar surface area (TPSA) is 32.5 Å². The fourth-order valence-electron chi connectivity index (χ4n) is 2.68. The predicted octanol–water partition coefficient (Wildman–Crippen LogP) is 2.32. The lowest BCUT2D eigenvalue weighted by Crippen LogP contribution is -2.41. The first-order valence-electron chi connectivity index (χ1n) is 6.96. The summed E-state index contributed by atoms with van der Waals surface area (Å²) in [6.07, 6.45) is 2.48. The highest BCUT2D eigenvalue weighted by molar-refractivity contribution is 6.31. The van der Waals surface area contributed by atoms with E-state index in [2.05, 4.69) is 36.0 Å². The van der Waals surface area contributed by atoms with Crippen molar-refractivity contribution in [1.29, 1.82) is 0 Å². The molecule has 0 atom stereocenters. The molecule has 0 radical (unpaired) electrons. The van der Waals surface area contributed by atoms with Crippen molar-refractivity contribution < 1.29 is 0 Å². The number of benzene rings is 1. The molecule has 1 fully saturated rings. The molecular formula is C15H24ClN3. The third-order valence-corrected chi connectivity index (χ3v) is 4.44. The number of halogens is 1. The standard InChI is InChI=1S/C15H24ClN3/c1-18-7-5-14(6-8-18)19(2)11-13-4-3-12(10-17)9-15(13)16/h3-4,9,14H,5-8,10-11,17H2,1-2H3. The summed E-state index contributed by atoms with van der Waals surface area (Å²) >= 11 is 6.32. The Bertz CT molecular complexity index is 414. The maximum absolute atomic E-state index is 6.32. The molecule has 0 saturated carbocycles. The predicted molar refractivity (Wildman–Crippen MR) is 81.3 cm³/mol. The number of nitrogens with two attached hydrogens (primary N) is 1. The van der Waals surface area contributed by atoms with Crippen LogP contribution in [0.5, 0.6) is 0 Å². The van der Waals surface area contributed by atoms with E-state index in [9.17, 15) is 0 Å². The van der Waals surface area contributed by atoms with Crippen molar-refractivity contribution >= 4 is 11.6 Å². The van der Waals surface area contributed by atoms with Crippen molar-refractivity contribution in [3.05, 3.63) is 34.3 Å².